The first-order chi connectivity index (χ1) is 9.77. The number of ether oxygens (including phenoxy) is 2. The van der Waals surface area contributed by atoms with Crippen LogP contribution in [0.5, 0.6) is 11.5 Å². The van der Waals surface area contributed by atoms with Gasteiger partial charge in [0.25, 0.3) is 0 Å². The minimum atomic E-state index is 0.548. The maximum Gasteiger partial charge on any atom is 0.142 e. The first-order valence-electron chi connectivity index (χ1n) is 7.76. The highest BCUT2D eigenvalue weighted by Gasteiger charge is 2.46. The van der Waals surface area contributed by atoms with E-state index in [1.165, 1.54) is 44.9 Å². The van der Waals surface area contributed by atoms with Gasteiger partial charge in [-0.15, -0.1) is 0 Å². The van der Waals surface area contributed by atoms with E-state index in [-0.39, 0.29) is 0 Å². The molecule has 2 aliphatic rings. The fraction of sp³-hybridized carbons (Fsp3) is 0.647. The Morgan fingerprint density at radius 1 is 1.05 bits per heavy atom. The van der Waals surface area contributed by atoms with Crippen LogP contribution in [0.15, 0.2) is 18.2 Å². The van der Waals surface area contributed by atoms with Gasteiger partial charge in [0.2, 0.25) is 0 Å². The Morgan fingerprint density at radius 2 is 1.85 bits per heavy atom. The number of methoxy groups -OCH3 is 2. The molecule has 0 radical (unpaired) electrons. The fourth-order valence-corrected chi connectivity index (χ4v) is 3.89. The van der Waals surface area contributed by atoms with Gasteiger partial charge in [0.15, 0.2) is 0 Å². The Hall–Kier alpha value is -1.38. The lowest BCUT2D eigenvalue weighted by Crippen LogP contribution is -2.50. The first-order valence-corrected chi connectivity index (χ1v) is 7.76. The summed E-state index contributed by atoms with van der Waals surface area (Å²) in [6, 6.07) is 6.58. The molecule has 0 bridgehead atoms. The summed E-state index contributed by atoms with van der Waals surface area (Å²) in [5.74, 6) is 1.79. The van der Waals surface area contributed by atoms with Crippen LogP contribution in [0, 0.1) is 5.41 Å². The number of rotatable bonds is 4. The summed E-state index contributed by atoms with van der Waals surface area (Å²) in [6.45, 7) is 0. The van der Waals surface area contributed by atoms with Gasteiger partial charge in [0.1, 0.15) is 11.5 Å². The van der Waals surface area contributed by atoms with Gasteiger partial charge in [-0.2, -0.15) is 0 Å². The summed E-state index contributed by atoms with van der Waals surface area (Å²) >= 11 is 0. The zero-order valence-corrected chi connectivity index (χ0v) is 12.6. The van der Waals surface area contributed by atoms with Crippen molar-refractivity contribution in [3.8, 4) is 11.5 Å². The van der Waals surface area contributed by atoms with Gasteiger partial charge in [0.05, 0.1) is 19.9 Å². The Labute approximate surface area is 121 Å². The van der Waals surface area contributed by atoms with E-state index in [0.717, 1.165) is 17.2 Å². The minimum absolute atomic E-state index is 0.548. The van der Waals surface area contributed by atoms with Crippen molar-refractivity contribution in [3.05, 3.63) is 18.2 Å². The molecule has 2 fully saturated rings. The molecule has 1 atom stereocenters. The molecule has 1 spiro atoms. The molecule has 0 amide bonds. The Kier molecular flexibility index (Phi) is 3.77. The van der Waals surface area contributed by atoms with Gasteiger partial charge in [-0.1, -0.05) is 19.3 Å². The van der Waals surface area contributed by atoms with Crippen LogP contribution in [0.4, 0.5) is 5.69 Å². The number of benzene rings is 1. The third kappa shape index (κ3) is 2.34. The summed E-state index contributed by atoms with van der Waals surface area (Å²) in [5, 5.41) is 3.73. The number of hydrogen-bond acceptors (Lipinski definition) is 3. The smallest absolute Gasteiger partial charge is 0.142 e. The Morgan fingerprint density at radius 3 is 2.45 bits per heavy atom. The van der Waals surface area contributed by atoms with Crippen molar-refractivity contribution in [1.29, 1.82) is 0 Å². The van der Waals surface area contributed by atoms with E-state index in [1.807, 2.05) is 18.2 Å². The van der Waals surface area contributed by atoms with Crippen molar-refractivity contribution in [3.63, 3.8) is 0 Å². The molecular formula is C17H25NO2. The second-order valence-corrected chi connectivity index (χ2v) is 6.22. The fourth-order valence-electron chi connectivity index (χ4n) is 3.89. The van der Waals surface area contributed by atoms with E-state index in [1.54, 1.807) is 14.2 Å². The predicted octanol–water partition coefficient (Wildman–Crippen LogP) is 4.23. The zero-order chi connectivity index (χ0) is 14.0. The van der Waals surface area contributed by atoms with Crippen LogP contribution in [0.3, 0.4) is 0 Å². The van der Waals surface area contributed by atoms with Crippen molar-refractivity contribution < 1.29 is 9.47 Å². The van der Waals surface area contributed by atoms with Crippen molar-refractivity contribution in [1.82, 2.24) is 0 Å². The van der Waals surface area contributed by atoms with Crippen molar-refractivity contribution >= 4 is 5.69 Å². The summed E-state index contributed by atoms with van der Waals surface area (Å²) < 4.78 is 10.8. The molecule has 2 aliphatic carbocycles. The lowest BCUT2D eigenvalue weighted by molar-refractivity contribution is 0.0570. The highest BCUT2D eigenvalue weighted by molar-refractivity contribution is 5.60. The Bertz CT molecular complexity index is 466. The van der Waals surface area contributed by atoms with Crippen molar-refractivity contribution in [2.75, 3.05) is 19.5 Å². The molecule has 1 unspecified atom stereocenters. The molecular weight excluding hydrogens is 250 g/mol. The van der Waals surface area contributed by atoms with E-state index in [9.17, 15) is 0 Å². The van der Waals surface area contributed by atoms with Gasteiger partial charge in [0, 0.05) is 12.1 Å². The lowest BCUT2D eigenvalue weighted by atomic mass is 9.57. The topological polar surface area (TPSA) is 30.5 Å². The maximum absolute atomic E-state index is 5.47. The summed E-state index contributed by atoms with van der Waals surface area (Å²) in [7, 11) is 3.43. The molecule has 110 valence electrons. The largest absolute Gasteiger partial charge is 0.497 e. The van der Waals surface area contributed by atoms with Crippen LogP contribution in [-0.4, -0.2) is 20.3 Å². The van der Waals surface area contributed by atoms with Crippen molar-refractivity contribution in [2.24, 2.45) is 5.41 Å². The van der Waals surface area contributed by atoms with E-state index in [2.05, 4.69) is 5.32 Å². The third-order valence-corrected chi connectivity index (χ3v) is 5.26. The highest BCUT2D eigenvalue weighted by atomic mass is 16.5. The molecule has 3 rings (SSSR count). The van der Waals surface area contributed by atoms with E-state index in [0.29, 0.717) is 11.5 Å². The zero-order valence-electron chi connectivity index (χ0n) is 12.6. The standard InChI is InChI=1S/C17H25NO2/c1-19-13-6-7-15(20-2)14(12-13)18-16-8-11-17(16)9-4-3-5-10-17/h6-7,12,16,18H,3-5,8-11H2,1-2H3. The molecule has 1 N–H and O–H groups in total. The second-order valence-electron chi connectivity index (χ2n) is 6.22. The van der Waals surface area contributed by atoms with E-state index in [4.69, 9.17) is 9.47 Å². The number of anilines is 1. The molecule has 1 aromatic carbocycles. The van der Waals surface area contributed by atoms with Crippen LogP contribution in [0.25, 0.3) is 0 Å². The highest BCUT2D eigenvalue weighted by Crippen LogP contribution is 2.53. The average molecular weight is 275 g/mol. The van der Waals surface area contributed by atoms with E-state index < -0.39 is 0 Å². The van der Waals surface area contributed by atoms with Gasteiger partial charge < -0.3 is 14.8 Å². The predicted molar refractivity (Wildman–Crippen MR) is 81.7 cm³/mol. The van der Waals surface area contributed by atoms with Crippen molar-refractivity contribution in [2.45, 2.75) is 51.0 Å². The lowest BCUT2D eigenvalue weighted by Gasteiger charge is -2.52. The normalized spacial score (nSPS) is 24.0. The summed E-state index contributed by atoms with van der Waals surface area (Å²) in [4.78, 5) is 0. The molecule has 3 nitrogen and oxygen atoms in total. The van der Waals surface area contributed by atoms with Crippen LogP contribution >= 0.6 is 0 Å². The molecule has 0 heterocycles. The molecule has 0 aromatic heterocycles. The number of hydrogen-bond donors (Lipinski definition) is 1. The quantitative estimate of drug-likeness (QED) is 0.892. The second kappa shape index (κ2) is 5.55. The summed E-state index contributed by atoms with van der Waals surface area (Å²) in [5.41, 5.74) is 1.62. The molecule has 20 heavy (non-hydrogen) atoms. The molecule has 1 aromatic rings. The molecule has 3 heteroatoms. The summed E-state index contributed by atoms with van der Waals surface area (Å²) in [6.07, 6.45) is 9.64. The average Bonchev–Trinajstić information content (AvgIpc) is 2.52. The minimum Gasteiger partial charge on any atom is -0.497 e. The van der Waals surface area contributed by atoms with Crippen LogP contribution in [0.2, 0.25) is 0 Å². The molecule has 0 saturated heterocycles. The first kappa shape index (κ1) is 13.6. The van der Waals surface area contributed by atoms with Gasteiger partial charge in [-0.25, -0.2) is 0 Å². The monoisotopic (exact) mass is 275 g/mol. The molecule has 2 saturated carbocycles. The SMILES string of the molecule is COc1ccc(OC)c(NC2CCC23CCCCC3)c1. The Balaban J connectivity index is 1.77. The van der Waals surface area contributed by atoms with Gasteiger partial charge in [-0.3, -0.25) is 0 Å². The van der Waals surface area contributed by atoms with Gasteiger partial charge >= 0.3 is 0 Å². The number of nitrogens with one attached hydrogen (secondary N) is 1. The van der Waals surface area contributed by atoms with Crippen LogP contribution in [-0.2, 0) is 0 Å². The van der Waals surface area contributed by atoms with Gasteiger partial charge in [-0.05, 0) is 43.2 Å². The van der Waals surface area contributed by atoms with E-state index >= 15 is 0 Å². The maximum atomic E-state index is 5.47. The molecule has 0 aliphatic heterocycles. The van der Waals surface area contributed by atoms with Crippen LogP contribution < -0.4 is 14.8 Å². The van der Waals surface area contributed by atoms with Crippen LogP contribution in [0.1, 0.15) is 44.9 Å². The third-order valence-electron chi connectivity index (χ3n) is 5.26.